The molecule has 0 spiro atoms. The number of hydrogen-bond acceptors (Lipinski definition) is 6. The van der Waals surface area contributed by atoms with Crippen LogP contribution >= 0.6 is 0 Å². The van der Waals surface area contributed by atoms with E-state index < -0.39 is 134 Å². The fourth-order valence-electron chi connectivity index (χ4n) is 5.83. The fourth-order valence-corrected chi connectivity index (χ4v) is 5.83. The van der Waals surface area contributed by atoms with Crippen molar-refractivity contribution in [3.05, 3.63) is 20.2 Å². The van der Waals surface area contributed by atoms with Crippen molar-refractivity contribution in [1.29, 1.82) is 0 Å². The highest BCUT2D eigenvalue weighted by molar-refractivity contribution is 4.90. The molecule has 0 aliphatic heterocycles. The Morgan fingerprint density at radius 3 is 1.00 bits per heavy atom. The van der Waals surface area contributed by atoms with Gasteiger partial charge < -0.3 is 9.47 Å². The highest BCUT2D eigenvalue weighted by atomic mass is 19.4. The smallest absolute Gasteiger partial charge is 0.375 e. The summed E-state index contributed by atoms with van der Waals surface area (Å²) in [6.45, 7) is 0. The summed E-state index contributed by atoms with van der Waals surface area (Å²) in [5.41, 5.74) is 0. The van der Waals surface area contributed by atoms with E-state index >= 15 is 0 Å². The van der Waals surface area contributed by atoms with Crippen LogP contribution in [0.2, 0.25) is 0 Å². The Labute approximate surface area is 210 Å². The van der Waals surface area contributed by atoms with Crippen LogP contribution in [0.15, 0.2) is 0 Å². The van der Waals surface area contributed by atoms with E-state index in [0.717, 1.165) is 0 Å². The molecule has 8 nitrogen and oxygen atoms in total. The average Bonchev–Trinajstić information content (AvgIpc) is 2.76. The van der Waals surface area contributed by atoms with Crippen molar-refractivity contribution in [2.75, 3.05) is 0 Å². The van der Waals surface area contributed by atoms with Crippen LogP contribution in [0.3, 0.4) is 0 Å². The van der Waals surface area contributed by atoms with E-state index in [1.807, 2.05) is 0 Å². The van der Waals surface area contributed by atoms with Crippen LogP contribution in [0.5, 0.6) is 0 Å². The summed E-state index contributed by atoms with van der Waals surface area (Å²) >= 11 is 0. The molecule has 0 radical (unpaired) electrons. The Hall–Kier alpha value is -1.91. The zero-order valence-electron chi connectivity index (χ0n) is 19.8. The molecule has 3 aliphatic rings. The number of nitrogens with zero attached hydrogens (tertiary/aromatic N) is 2. The molecule has 3 saturated carbocycles. The quantitative estimate of drug-likeness (QED) is 0.223. The van der Waals surface area contributed by atoms with Gasteiger partial charge in [0.05, 0.1) is 42.2 Å². The predicted octanol–water partition coefficient (Wildman–Crippen LogP) is 5.87. The second-order valence-electron chi connectivity index (χ2n) is 10.5. The lowest BCUT2D eigenvalue weighted by Gasteiger charge is -2.41. The topological polar surface area (TPSA) is 105 Å². The third-order valence-electron chi connectivity index (χ3n) is 7.65. The Morgan fingerprint density at radius 1 is 0.474 bits per heavy atom. The first-order valence-corrected chi connectivity index (χ1v) is 12.1. The van der Waals surface area contributed by atoms with E-state index in [2.05, 4.69) is 0 Å². The van der Waals surface area contributed by atoms with Gasteiger partial charge in [0.2, 0.25) is 12.1 Å². The summed E-state index contributed by atoms with van der Waals surface area (Å²) in [4.78, 5) is 20.6. The first kappa shape index (κ1) is 30.6. The van der Waals surface area contributed by atoms with Gasteiger partial charge in [-0.25, -0.2) is 0 Å². The molecule has 0 aromatic heterocycles. The zero-order valence-corrected chi connectivity index (χ0v) is 19.8. The van der Waals surface area contributed by atoms with Gasteiger partial charge in [0.25, 0.3) is 0 Å². The predicted molar refractivity (Wildman–Crippen MR) is 109 cm³/mol. The lowest BCUT2D eigenvalue weighted by atomic mass is 9.81. The summed E-state index contributed by atoms with van der Waals surface area (Å²) in [6.07, 6.45) is -25.1. The van der Waals surface area contributed by atoms with Crippen LogP contribution in [0.25, 0.3) is 0 Å². The number of alkyl halides is 9. The third-order valence-corrected chi connectivity index (χ3v) is 7.65. The maximum absolute atomic E-state index is 13.6. The van der Waals surface area contributed by atoms with Crippen LogP contribution in [-0.4, -0.2) is 64.9 Å². The van der Waals surface area contributed by atoms with Crippen molar-refractivity contribution in [2.45, 2.75) is 113 Å². The van der Waals surface area contributed by atoms with Crippen molar-refractivity contribution >= 4 is 0 Å². The van der Waals surface area contributed by atoms with Crippen molar-refractivity contribution in [2.24, 2.45) is 17.8 Å². The fraction of sp³-hybridized carbons (Fsp3) is 1.00. The van der Waals surface area contributed by atoms with Gasteiger partial charge in [-0.15, -0.1) is 0 Å². The van der Waals surface area contributed by atoms with E-state index in [1.165, 1.54) is 0 Å². The molecule has 8 atom stereocenters. The van der Waals surface area contributed by atoms with Gasteiger partial charge in [-0.3, -0.25) is 20.2 Å². The van der Waals surface area contributed by atoms with E-state index in [-0.39, 0.29) is 6.42 Å². The minimum Gasteiger partial charge on any atom is -0.375 e. The molecule has 0 N–H and O–H groups in total. The van der Waals surface area contributed by atoms with Crippen LogP contribution in [-0.2, 0) is 9.47 Å². The number of halogens is 9. The molecule has 0 aromatic carbocycles. The van der Waals surface area contributed by atoms with Crippen LogP contribution < -0.4 is 0 Å². The summed E-state index contributed by atoms with van der Waals surface area (Å²) < 4.78 is 132. The highest BCUT2D eigenvalue weighted by Gasteiger charge is 2.52. The van der Waals surface area contributed by atoms with Crippen molar-refractivity contribution < 1.29 is 58.8 Å². The van der Waals surface area contributed by atoms with Gasteiger partial charge in [-0.2, -0.15) is 39.5 Å². The number of rotatable bonds is 6. The second kappa shape index (κ2) is 11.3. The minimum atomic E-state index is -4.78. The van der Waals surface area contributed by atoms with E-state index in [4.69, 9.17) is 9.47 Å². The van der Waals surface area contributed by atoms with Gasteiger partial charge in [0.15, 0.2) is 0 Å². The zero-order chi connectivity index (χ0) is 28.6. The summed E-state index contributed by atoms with van der Waals surface area (Å²) in [5, 5.41) is 22.4. The number of nitro groups is 2. The van der Waals surface area contributed by atoms with Gasteiger partial charge >= 0.3 is 18.5 Å². The normalized spacial score (nSPS) is 37.6. The van der Waals surface area contributed by atoms with Crippen molar-refractivity contribution in [3.8, 4) is 0 Å². The molecule has 0 saturated heterocycles. The average molecular weight is 574 g/mol. The van der Waals surface area contributed by atoms with Crippen LogP contribution in [0.4, 0.5) is 39.5 Å². The molecule has 38 heavy (non-hydrogen) atoms. The van der Waals surface area contributed by atoms with E-state index in [0.29, 0.717) is 0 Å². The molecule has 3 rings (SSSR count). The van der Waals surface area contributed by atoms with Gasteiger partial charge in [-0.05, 0) is 32.1 Å². The van der Waals surface area contributed by atoms with E-state index in [1.54, 1.807) is 0 Å². The molecule has 0 bridgehead atoms. The molecule has 220 valence electrons. The largest absolute Gasteiger partial charge is 0.392 e. The molecular formula is C21H27F9N2O6. The Balaban J connectivity index is 1.74. The molecule has 17 heteroatoms. The first-order valence-electron chi connectivity index (χ1n) is 12.1. The van der Waals surface area contributed by atoms with Crippen LogP contribution in [0, 0.1) is 38.0 Å². The summed E-state index contributed by atoms with van der Waals surface area (Å²) in [6, 6.07) is -3.20. The lowest BCUT2D eigenvalue weighted by molar-refractivity contribution is -0.533. The van der Waals surface area contributed by atoms with Gasteiger partial charge in [0, 0.05) is 35.5 Å². The maximum Gasteiger partial charge on any atom is 0.392 e. The minimum absolute atomic E-state index is 0.306. The second-order valence-corrected chi connectivity index (χ2v) is 10.5. The third kappa shape index (κ3) is 8.05. The highest BCUT2D eigenvalue weighted by Crippen LogP contribution is 2.45. The standard InChI is InChI=1S/C21H27F9N2O6/c22-19(23,24)10-1-13(31(33)34)7-15(3-10)37-17-5-12(21(28,29)30)6-18(9-17)38-16-4-11(20(25,26)27)2-14(8-16)32(35)36/h10-18H,1-9H2. The first-order chi connectivity index (χ1) is 17.3. The Kier molecular flexibility index (Phi) is 9.10. The summed E-state index contributed by atoms with van der Waals surface area (Å²) in [7, 11) is 0. The SMILES string of the molecule is O=[N+]([O-])C1CC(OC2CC(OC3CC([N+](=O)[O-])CC(C(F)(F)F)C3)CC(C(F)(F)F)C2)CC(C(F)(F)F)C1. The number of ether oxygens (including phenoxy) is 2. The Bertz CT molecular complexity index is 793. The molecule has 0 aromatic rings. The monoisotopic (exact) mass is 574 g/mol. The van der Waals surface area contributed by atoms with Gasteiger partial charge in [0.1, 0.15) is 0 Å². The Morgan fingerprint density at radius 2 is 0.737 bits per heavy atom. The van der Waals surface area contributed by atoms with Crippen LogP contribution in [0.1, 0.15) is 57.8 Å². The van der Waals surface area contributed by atoms with Crippen molar-refractivity contribution in [3.63, 3.8) is 0 Å². The molecule has 0 amide bonds. The molecule has 3 fully saturated rings. The van der Waals surface area contributed by atoms with E-state index in [9.17, 15) is 59.7 Å². The van der Waals surface area contributed by atoms with Gasteiger partial charge in [-0.1, -0.05) is 0 Å². The maximum atomic E-state index is 13.6. The lowest BCUT2D eigenvalue weighted by Crippen LogP contribution is -2.47. The molecule has 8 unspecified atom stereocenters. The molecular weight excluding hydrogens is 547 g/mol. The summed E-state index contributed by atoms with van der Waals surface area (Å²) in [5.74, 6) is -6.20. The van der Waals surface area contributed by atoms with Crippen molar-refractivity contribution in [1.82, 2.24) is 0 Å². The molecule has 0 heterocycles. The number of hydrogen-bond donors (Lipinski definition) is 0. The molecule has 3 aliphatic carbocycles.